The molecule has 2 aromatic rings. The van der Waals surface area contributed by atoms with Crippen LogP contribution in [0.5, 0.6) is 0 Å². The van der Waals surface area contributed by atoms with Crippen molar-refractivity contribution in [1.29, 1.82) is 0 Å². The van der Waals surface area contributed by atoms with E-state index < -0.39 is 0 Å². The number of esters is 1. The number of ether oxygens (including phenoxy) is 1. The Labute approximate surface area is 129 Å². The number of thiazole rings is 1. The average molecular weight is 304 g/mol. The summed E-state index contributed by atoms with van der Waals surface area (Å²) in [5, 5.41) is 0.840. The predicted molar refractivity (Wildman–Crippen MR) is 86.5 cm³/mol. The molecule has 0 N–H and O–H groups in total. The molecule has 0 amide bonds. The van der Waals surface area contributed by atoms with E-state index in [0.29, 0.717) is 5.69 Å². The molecule has 0 saturated carbocycles. The van der Waals surface area contributed by atoms with Crippen LogP contribution in [0.3, 0.4) is 0 Å². The van der Waals surface area contributed by atoms with E-state index >= 15 is 0 Å². The predicted octanol–water partition coefficient (Wildman–Crippen LogP) is 4.18. The van der Waals surface area contributed by atoms with Crippen molar-refractivity contribution in [3.05, 3.63) is 40.9 Å². The number of rotatable bonds is 6. The van der Waals surface area contributed by atoms with Gasteiger partial charge in [0.25, 0.3) is 0 Å². The van der Waals surface area contributed by atoms with E-state index in [1.807, 2.05) is 25.1 Å². The normalized spacial score (nSPS) is 10.4. The van der Waals surface area contributed by atoms with Crippen molar-refractivity contribution in [2.24, 2.45) is 0 Å². The third-order valence-corrected chi connectivity index (χ3v) is 4.19. The van der Waals surface area contributed by atoms with Gasteiger partial charge in [-0.3, -0.25) is 0 Å². The SMILES string of the molecule is CCCCN(c1ccccc1)c1nc(C(=O)OC)c(C)s1. The summed E-state index contributed by atoms with van der Waals surface area (Å²) >= 11 is 1.53. The molecule has 0 unspecified atom stereocenters. The van der Waals surface area contributed by atoms with E-state index in [1.165, 1.54) is 18.4 Å². The molecule has 0 fully saturated rings. The third kappa shape index (κ3) is 3.61. The largest absolute Gasteiger partial charge is 0.464 e. The molecule has 0 aliphatic carbocycles. The van der Waals surface area contributed by atoms with Crippen LogP contribution < -0.4 is 4.90 Å². The molecule has 1 aromatic heterocycles. The molecule has 0 aliphatic rings. The Morgan fingerprint density at radius 2 is 2.05 bits per heavy atom. The number of carbonyl (C=O) groups excluding carboxylic acids is 1. The zero-order valence-electron chi connectivity index (χ0n) is 12.6. The van der Waals surface area contributed by atoms with Crippen LogP contribution in [0.2, 0.25) is 0 Å². The van der Waals surface area contributed by atoms with Gasteiger partial charge in [0.15, 0.2) is 10.8 Å². The number of unbranched alkanes of at least 4 members (excludes halogenated alkanes) is 1. The van der Waals surface area contributed by atoms with Crippen LogP contribution in [-0.2, 0) is 4.74 Å². The monoisotopic (exact) mass is 304 g/mol. The summed E-state index contributed by atoms with van der Waals surface area (Å²) in [5.74, 6) is -0.376. The van der Waals surface area contributed by atoms with Gasteiger partial charge < -0.3 is 9.64 Å². The number of benzene rings is 1. The van der Waals surface area contributed by atoms with Gasteiger partial charge in [-0.1, -0.05) is 31.5 Å². The number of hydrogen-bond acceptors (Lipinski definition) is 5. The summed E-state index contributed by atoms with van der Waals surface area (Å²) in [5.41, 5.74) is 1.51. The lowest BCUT2D eigenvalue weighted by atomic mass is 10.2. The van der Waals surface area contributed by atoms with E-state index in [0.717, 1.165) is 35.1 Å². The second-order valence-electron chi connectivity index (χ2n) is 4.73. The van der Waals surface area contributed by atoms with Gasteiger partial charge in [0.1, 0.15) is 0 Å². The van der Waals surface area contributed by atoms with Gasteiger partial charge in [-0.2, -0.15) is 0 Å². The molecule has 0 atom stereocenters. The summed E-state index contributed by atoms with van der Waals surface area (Å²) in [6, 6.07) is 10.1. The number of nitrogens with zero attached hydrogens (tertiary/aromatic N) is 2. The molecule has 1 aromatic carbocycles. The highest BCUT2D eigenvalue weighted by Crippen LogP contribution is 2.31. The van der Waals surface area contributed by atoms with Crippen molar-refractivity contribution < 1.29 is 9.53 Å². The van der Waals surface area contributed by atoms with E-state index in [4.69, 9.17) is 4.74 Å². The Bertz CT molecular complexity index is 596. The number of aromatic nitrogens is 1. The molecular formula is C16H20N2O2S. The first-order valence-electron chi connectivity index (χ1n) is 7.05. The lowest BCUT2D eigenvalue weighted by Crippen LogP contribution is -2.18. The second kappa shape index (κ2) is 7.22. The molecule has 5 heteroatoms. The number of anilines is 2. The second-order valence-corrected chi connectivity index (χ2v) is 5.92. The van der Waals surface area contributed by atoms with Crippen molar-refractivity contribution >= 4 is 28.1 Å². The molecule has 0 saturated heterocycles. The van der Waals surface area contributed by atoms with Gasteiger partial charge in [-0.15, -0.1) is 11.3 Å². The molecule has 112 valence electrons. The highest BCUT2D eigenvalue weighted by atomic mass is 32.1. The number of hydrogen-bond donors (Lipinski definition) is 0. The minimum absolute atomic E-state index is 0.376. The van der Waals surface area contributed by atoms with Gasteiger partial charge >= 0.3 is 5.97 Å². The smallest absolute Gasteiger partial charge is 0.357 e. The summed E-state index contributed by atoms with van der Waals surface area (Å²) < 4.78 is 4.78. The number of methoxy groups -OCH3 is 1. The van der Waals surface area contributed by atoms with Gasteiger partial charge in [-0.25, -0.2) is 9.78 Å². The van der Waals surface area contributed by atoms with E-state index in [9.17, 15) is 4.79 Å². The minimum Gasteiger partial charge on any atom is -0.464 e. The number of para-hydroxylation sites is 1. The van der Waals surface area contributed by atoms with Gasteiger partial charge in [0.2, 0.25) is 0 Å². The minimum atomic E-state index is -0.376. The molecule has 2 rings (SSSR count). The molecule has 1 heterocycles. The van der Waals surface area contributed by atoms with Gasteiger partial charge in [0.05, 0.1) is 7.11 Å². The summed E-state index contributed by atoms with van der Waals surface area (Å²) in [7, 11) is 1.38. The van der Waals surface area contributed by atoms with E-state index in [1.54, 1.807) is 0 Å². The number of aryl methyl sites for hydroxylation is 1. The van der Waals surface area contributed by atoms with Gasteiger partial charge in [-0.05, 0) is 25.5 Å². The van der Waals surface area contributed by atoms with Crippen LogP contribution in [0.1, 0.15) is 35.1 Å². The Kier molecular flexibility index (Phi) is 5.33. The van der Waals surface area contributed by atoms with Crippen molar-refractivity contribution in [2.75, 3.05) is 18.6 Å². The third-order valence-electron chi connectivity index (χ3n) is 3.20. The molecule has 0 aliphatic heterocycles. The Morgan fingerprint density at radius 3 is 2.67 bits per heavy atom. The first kappa shape index (κ1) is 15.5. The molecule has 0 bridgehead atoms. The van der Waals surface area contributed by atoms with Crippen LogP contribution in [0, 0.1) is 6.92 Å². The van der Waals surface area contributed by atoms with Crippen molar-refractivity contribution in [3.8, 4) is 0 Å². The van der Waals surface area contributed by atoms with Crippen LogP contribution >= 0.6 is 11.3 Å². The number of carbonyl (C=O) groups is 1. The van der Waals surface area contributed by atoms with Crippen molar-refractivity contribution in [3.63, 3.8) is 0 Å². The molecule has 21 heavy (non-hydrogen) atoms. The Hall–Kier alpha value is -1.88. The fourth-order valence-electron chi connectivity index (χ4n) is 2.04. The molecule has 0 spiro atoms. The summed E-state index contributed by atoms with van der Waals surface area (Å²) in [6.07, 6.45) is 2.18. The first-order valence-corrected chi connectivity index (χ1v) is 7.87. The Balaban J connectivity index is 2.35. The topological polar surface area (TPSA) is 42.4 Å². The maximum atomic E-state index is 11.7. The lowest BCUT2D eigenvalue weighted by molar-refractivity contribution is 0.0594. The molecule has 0 radical (unpaired) electrons. The fraction of sp³-hybridized carbons (Fsp3) is 0.375. The zero-order chi connectivity index (χ0) is 15.2. The van der Waals surface area contributed by atoms with Gasteiger partial charge in [0, 0.05) is 17.1 Å². The van der Waals surface area contributed by atoms with Crippen molar-refractivity contribution in [1.82, 2.24) is 4.98 Å². The van der Waals surface area contributed by atoms with Crippen LogP contribution in [-0.4, -0.2) is 24.6 Å². The lowest BCUT2D eigenvalue weighted by Gasteiger charge is -2.21. The average Bonchev–Trinajstić information content (AvgIpc) is 2.90. The maximum absolute atomic E-state index is 11.7. The van der Waals surface area contributed by atoms with Crippen LogP contribution in [0.25, 0.3) is 0 Å². The quantitative estimate of drug-likeness (QED) is 0.751. The highest BCUT2D eigenvalue weighted by molar-refractivity contribution is 7.15. The fourth-order valence-corrected chi connectivity index (χ4v) is 2.99. The van der Waals surface area contributed by atoms with E-state index in [2.05, 4.69) is 28.9 Å². The molecule has 4 nitrogen and oxygen atoms in total. The van der Waals surface area contributed by atoms with E-state index in [-0.39, 0.29) is 5.97 Å². The van der Waals surface area contributed by atoms with Crippen LogP contribution in [0.15, 0.2) is 30.3 Å². The first-order chi connectivity index (χ1) is 10.2. The summed E-state index contributed by atoms with van der Waals surface area (Å²) in [4.78, 5) is 19.2. The maximum Gasteiger partial charge on any atom is 0.357 e. The van der Waals surface area contributed by atoms with Crippen molar-refractivity contribution in [2.45, 2.75) is 26.7 Å². The Morgan fingerprint density at radius 1 is 1.33 bits per heavy atom. The standard InChI is InChI=1S/C16H20N2O2S/c1-4-5-11-18(13-9-7-6-8-10-13)16-17-14(12(2)21-16)15(19)20-3/h6-10H,4-5,11H2,1-3H3. The molecular weight excluding hydrogens is 284 g/mol. The summed E-state index contributed by atoms with van der Waals surface area (Å²) in [6.45, 7) is 4.95. The van der Waals surface area contributed by atoms with Crippen LogP contribution in [0.4, 0.5) is 10.8 Å². The highest BCUT2D eigenvalue weighted by Gasteiger charge is 2.20. The zero-order valence-corrected chi connectivity index (χ0v) is 13.4.